The lowest BCUT2D eigenvalue weighted by Crippen LogP contribution is -2.38. The van der Waals surface area contributed by atoms with Crippen LogP contribution in [-0.4, -0.2) is 36.7 Å². The molecule has 18 heavy (non-hydrogen) atoms. The van der Waals surface area contributed by atoms with Crippen LogP contribution in [0, 0.1) is 11.8 Å². The van der Waals surface area contributed by atoms with Crippen molar-refractivity contribution >= 4 is 6.09 Å². The fourth-order valence-corrected chi connectivity index (χ4v) is 2.58. The number of nitrogens with two attached hydrogens (primary N) is 1. The van der Waals surface area contributed by atoms with E-state index in [-0.39, 0.29) is 6.09 Å². The molecule has 1 rings (SSSR count). The largest absolute Gasteiger partial charge is 0.444 e. The van der Waals surface area contributed by atoms with Crippen LogP contribution in [0.4, 0.5) is 4.79 Å². The number of nitrogens with zero attached hydrogens (tertiary/aromatic N) is 1. The molecule has 0 radical (unpaired) electrons. The minimum atomic E-state index is -0.419. The second-order valence-electron chi connectivity index (χ2n) is 6.50. The van der Waals surface area contributed by atoms with E-state index in [0.717, 1.165) is 19.5 Å². The molecule has 0 heterocycles. The summed E-state index contributed by atoms with van der Waals surface area (Å²) in [6, 6.07) is 0. The van der Waals surface area contributed by atoms with Gasteiger partial charge in [0.15, 0.2) is 0 Å². The topological polar surface area (TPSA) is 55.6 Å². The number of rotatable bonds is 3. The van der Waals surface area contributed by atoms with Gasteiger partial charge < -0.3 is 15.4 Å². The Morgan fingerprint density at radius 3 is 2.50 bits per heavy atom. The molecule has 0 aromatic heterocycles. The number of hydrogen-bond donors (Lipinski definition) is 1. The van der Waals surface area contributed by atoms with Crippen LogP contribution in [0.1, 0.15) is 46.5 Å². The lowest BCUT2D eigenvalue weighted by Gasteiger charge is -2.32. The van der Waals surface area contributed by atoms with Crippen molar-refractivity contribution in [2.45, 2.75) is 52.1 Å². The van der Waals surface area contributed by atoms with Crippen molar-refractivity contribution in [2.75, 3.05) is 20.1 Å². The van der Waals surface area contributed by atoms with Crippen LogP contribution in [0.5, 0.6) is 0 Å². The molecule has 2 atom stereocenters. The van der Waals surface area contributed by atoms with Gasteiger partial charge in [0, 0.05) is 13.6 Å². The van der Waals surface area contributed by atoms with E-state index in [2.05, 4.69) is 0 Å². The molecule has 2 unspecified atom stereocenters. The Bertz CT molecular complexity index is 273. The minimum Gasteiger partial charge on any atom is -0.444 e. The van der Waals surface area contributed by atoms with Gasteiger partial charge >= 0.3 is 6.09 Å². The van der Waals surface area contributed by atoms with E-state index in [1.807, 2.05) is 27.8 Å². The smallest absolute Gasteiger partial charge is 0.410 e. The third kappa shape index (κ3) is 5.25. The first kappa shape index (κ1) is 15.3. The second-order valence-corrected chi connectivity index (χ2v) is 6.50. The molecule has 4 nitrogen and oxygen atoms in total. The fraction of sp³-hybridized carbons (Fsp3) is 0.929. The van der Waals surface area contributed by atoms with Crippen LogP contribution in [0.15, 0.2) is 0 Å². The highest BCUT2D eigenvalue weighted by Gasteiger charge is 2.25. The van der Waals surface area contributed by atoms with Gasteiger partial charge in [-0.3, -0.25) is 0 Å². The Kier molecular flexibility index (Phi) is 5.45. The first-order valence-electron chi connectivity index (χ1n) is 6.96. The van der Waals surface area contributed by atoms with Gasteiger partial charge in [0.2, 0.25) is 0 Å². The second kappa shape index (κ2) is 6.41. The van der Waals surface area contributed by atoms with E-state index in [1.54, 1.807) is 4.90 Å². The van der Waals surface area contributed by atoms with Crippen LogP contribution in [-0.2, 0) is 4.74 Å². The van der Waals surface area contributed by atoms with Crippen LogP contribution in [0.25, 0.3) is 0 Å². The molecule has 0 aromatic rings. The zero-order chi connectivity index (χ0) is 13.8. The summed E-state index contributed by atoms with van der Waals surface area (Å²) in [4.78, 5) is 13.6. The van der Waals surface area contributed by atoms with Crippen molar-refractivity contribution in [1.82, 2.24) is 4.90 Å². The van der Waals surface area contributed by atoms with E-state index < -0.39 is 5.60 Å². The third-order valence-electron chi connectivity index (χ3n) is 3.46. The Hall–Kier alpha value is -0.770. The lowest BCUT2D eigenvalue weighted by molar-refractivity contribution is 0.0255. The van der Waals surface area contributed by atoms with Crippen molar-refractivity contribution in [1.29, 1.82) is 0 Å². The van der Waals surface area contributed by atoms with Gasteiger partial charge in [-0.05, 0) is 58.4 Å². The van der Waals surface area contributed by atoms with E-state index in [1.165, 1.54) is 19.3 Å². The summed E-state index contributed by atoms with van der Waals surface area (Å²) >= 11 is 0. The van der Waals surface area contributed by atoms with Crippen LogP contribution in [0.3, 0.4) is 0 Å². The van der Waals surface area contributed by atoms with E-state index in [4.69, 9.17) is 10.5 Å². The van der Waals surface area contributed by atoms with Crippen LogP contribution >= 0.6 is 0 Å². The van der Waals surface area contributed by atoms with Gasteiger partial charge in [-0.2, -0.15) is 0 Å². The first-order valence-corrected chi connectivity index (χ1v) is 6.96. The SMILES string of the molecule is CN(CC1CCCC(CN)C1)C(=O)OC(C)(C)C. The molecule has 1 aliphatic carbocycles. The summed E-state index contributed by atoms with van der Waals surface area (Å²) in [5, 5.41) is 0. The highest BCUT2D eigenvalue weighted by atomic mass is 16.6. The minimum absolute atomic E-state index is 0.225. The third-order valence-corrected chi connectivity index (χ3v) is 3.46. The highest BCUT2D eigenvalue weighted by Crippen LogP contribution is 2.29. The maximum Gasteiger partial charge on any atom is 0.410 e. The van der Waals surface area contributed by atoms with E-state index >= 15 is 0 Å². The van der Waals surface area contributed by atoms with Crippen molar-refractivity contribution in [2.24, 2.45) is 17.6 Å². The van der Waals surface area contributed by atoms with Crippen molar-refractivity contribution in [3.8, 4) is 0 Å². The van der Waals surface area contributed by atoms with E-state index in [9.17, 15) is 4.79 Å². The molecular weight excluding hydrogens is 228 g/mol. The molecule has 106 valence electrons. The molecule has 0 aliphatic heterocycles. The number of amides is 1. The molecule has 0 saturated heterocycles. The molecule has 1 fully saturated rings. The number of carbonyl (C=O) groups is 1. The van der Waals surface area contributed by atoms with Crippen LogP contribution in [0.2, 0.25) is 0 Å². The molecule has 0 spiro atoms. The highest BCUT2D eigenvalue weighted by molar-refractivity contribution is 5.67. The summed E-state index contributed by atoms with van der Waals surface area (Å²) < 4.78 is 5.36. The average molecular weight is 256 g/mol. The molecule has 2 N–H and O–H groups in total. The molecule has 4 heteroatoms. The van der Waals surface area contributed by atoms with E-state index in [0.29, 0.717) is 11.8 Å². The number of ether oxygens (including phenoxy) is 1. The number of carbonyl (C=O) groups excluding carboxylic acids is 1. The van der Waals surface area contributed by atoms with Gasteiger partial charge in [-0.1, -0.05) is 6.42 Å². The number of hydrogen-bond acceptors (Lipinski definition) is 3. The van der Waals surface area contributed by atoms with Gasteiger partial charge in [0.05, 0.1) is 0 Å². The lowest BCUT2D eigenvalue weighted by atomic mass is 9.81. The normalized spacial score (nSPS) is 24.7. The first-order chi connectivity index (χ1) is 8.31. The van der Waals surface area contributed by atoms with Crippen molar-refractivity contribution in [3.05, 3.63) is 0 Å². The summed E-state index contributed by atoms with van der Waals surface area (Å²) in [5.74, 6) is 1.21. The van der Waals surface area contributed by atoms with Crippen molar-refractivity contribution in [3.63, 3.8) is 0 Å². The fourth-order valence-electron chi connectivity index (χ4n) is 2.58. The maximum absolute atomic E-state index is 11.9. The molecular formula is C14H28N2O2. The summed E-state index contributed by atoms with van der Waals surface area (Å²) in [6.07, 6.45) is 4.59. The van der Waals surface area contributed by atoms with Gasteiger partial charge in [0.1, 0.15) is 5.60 Å². The van der Waals surface area contributed by atoms with Gasteiger partial charge in [0.25, 0.3) is 0 Å². The predicted molar refractivity (Wildman–Crippen MR) is 73.4 cm³/mol. The predicted octanol–water partition coefficient (Wildman–Crippen LogP) is 2.62. The average Bonchev–Trinajstić information content (AvgIpc) is 2.27. The Labute approximate surface area is 111 Å². The molecule has 1 aliphatic rings. The summed E-state index contributed by atoms with van der Waals surface area (Å²) in [6.45, 7) is 7.23. The zero-order valence-electron chi connectivity index (χ0n) is 12.2. The van der Waals surface area contributed by atoms with Crippen LogP contribution < -0.4 is 5.73 Å². The Morgan fingerprint density at radius 1 is 1.33 bits per heavy atom. The Morgan fingerprint density at radius 2 is 1.94 bits per heavy atom. The quantitative estimate of drug-likeness (QED) is 0.844. The standard InChI is InChI=1S/C14H28N2O2/c1-14(2,3)18-13(17)16(4)10-12-7-5-6-11(8-12)9-15/h11-12H,5-10,15H2,1-4H3. The molecule has 1 saturated carbocycles. The summed E-state index contributed by atoms with van der Waals surface area (Å²) in [7, 11) is 1.82. The molecule has 0 aromatic carbocycles. The molecule has 0 bridgehead atoms. The van der Waals surface area contributed by atoms with Gasteiger partial charge in [-0.25, -0.2) is 4.79 Å². The maximum atomic E-state index is 11.9. The zero-order valence-corrected chi connectivity index (χ0v) is 12.2. The molecule has 1 amide bonds. The van der Waals surface area contributed by atoms with Gasteiger partial charge in [-0.15, -0.1) is 0 Å². The van der Waals surface area contributed by atoms with Crippen molar-refractivity contribution < 1.29 is 9.53 Å². The monoisotopic (exact) mass is 256 g/mol. The Balaban J connectivity index is 2.39. The summed E-state index contributed by atoms with van der Waals surface area (Å²) in [5.41, 5.74) is 5.32.